The Kier molecular flexibility index (Phi) is 7.03. The van der Waals surface area contributed by atoms with Crippen molar-refractivity contribution in [3.63, 3.8) is 0 Å². The third-order valence-electron chi connectivity index (χ3n) is 2.83. The first-order valence-corrected chi connectivity index (χ1v) is 8.19. The molecule has 0 radical (unpaired) electrons. The topological polar surface area (TPSA) is 91.8 Å². The minimum absolute atomic E-state index is 0.0434. The molecule has 0 fully saturated rings. The van der Waals surface area contributed by atoms with E-state index in [-0.39, 0.29) is 18.0 Å². The Labute approximate surface area is 126 Å². The minimum Gasteiger partial charge on any atom is -0.389 e. The molecule has 120 valence electrons. The molecule has 0 aliphatic heterocycles. The first-order chi connectivity index (χ1) is 9.93. The quantitative estimate of drug-likeness (QED) is 0.690. The molecule has 1 unspecified atom stereocenters. The molecule has 2 N–H and O–H groups in total. The van der Waals surface area contributed by atoms with Crippen LogP contribution < -0.4 is 5.32 Å². The summed E-state index contributed by atoms with van der Waals surface area (Å²) in [5.41, 5.74) is 0. The van der Waals surface area contributed by atoms with Gasteiger partial charge in [0.2, 0.25) is 10.0 Å². The zero-order chi connectivity index (χ0) is 15.9. The normalized spacial score (nSPS) is 13.4. The highest BCUT2D eigenvalue weighted by Crippen LogP contribution is 2.21. The summed E-state index contributed by atoms with van der Waals surface area (Å²) in [7, 11) is -0.849. The van der Waals surface area contributed by atoms with Gasteiger partial charge in [0, 0.05) is 33.4 Å². The van der Waals surface area contributed by atoms with Gasteiger partial charge < -0.3 is 15.2 Å². The van der Waals surface area contributed by atoms with Crippen LogP contribution in [0.15, 0.2) is 23.2 Å². The Morgan fingerprint density at radius 3 is 2.86 bits per heavy atom. The molecule has 0 saturated carbocycles. The third kappa shape index (κ3) is 4.92. The van der Waals surface area contributed by atoms with E-state index in [9.17, 15) is 13.5 Å². The van der Waals surface area contributed by atoms with E-state index in [1.807, 2.05) is 6.92 Å². The van der Waals surface area contributed by atoms with Crippen LogP contribution in [0, 0.1) is 0 Å². The molecular weight excluding hydrogens is 294 g/mol. The molecule has 0 aliphatic rings. The zero-order valence-electron chi connectivity index (χ0n) is 12.6. The van der Waals surface area contributed by atoms with Crippen LogP contribution in [0.2, 0.25) is 0 Å². The lowest BCUT2D eigenvalue weighted by atomic mass is 10.4. The van der Waals surface area contributed by atoms with Gasteiger partial charge in [0.15, 0.2) is 0 Å². The van der Waals surface area contributed by atoms with Crippen molar-refractivity contribution in [2.24, 2.45) is 0 Å². The van der Waals surface area contributed by atoms with Crippen LogP contribution in [0.25, 0.3) is 0 Å². The second-order valence-corrected chi connectivity index (χ2v) is 6.68. The second kappa shape index (κ2) is 8.28. The van der Waals surface area contributed by atoms with E-state index < -0.39 is 16.1 Å². The molecule has 1 rings (SSSR count). The van der Waals surface area contributed by atoms with Gasteiger partial charge in [-0.05, 0) is 18.6 Å². The molecule has 0 amide bonds. The van der Waals surface area contributed by atoms with Crippen LogP contribution in [0.1, 0.15) is 13.3 Å². The standard InChI is InChI=1S/C13H23N3O4S/c1-4-7-14-13-12(6-5-8-15-13)21(18,19)16(2)9-11(17)10-20-3/h5-6,8,11,17H,4,7,9-10H2,1-3H3,(H,14,15). The third-order valence-corrected chi connectivity index (χ3v) is 4.68. The van der Waals surface area contributed by atoms with Gasteiger partial charge >= 0.3 is 0 Å². The first-order valence-electron chi connectivity index (χ1n) is 6.75. The number of anilines is 1. The molecule has 7 nitrogen and oxygen atoms in total. The molecule has 0 spiro atoms. The maximum atomic E-state index is 12.5. The number of sulfonamides is 1. The van der Waals surface area contributed by atoms with Crippen LogP contribution in [0.5, 0.6) is 0 Å². The van der Waals surface area contributed by atoms with Crippen molar-refractivity contribution in [2.45, 2.75) is 24.3 Å². The van der Waals surface area contributed by atoms with Crippen LogP contribution in [-0.2, 0) is 14.8 Å². The number of hydrogen-bond donors (Lipinski definition) is 2. The smallest absolute Gasteiger partial charge is 0.246 e. The van der Waals surface area contributed by atoms with Gasteiger partial charge in [-0.25, -0.2) is 13.4 Å². The van der Waals surface area contributed by atoms with Crippen molar-refractivity contribution in [3.05, 3.63) is 18.3 Å². The van der Waals surface area contributed by atoms with E-state index in [2.05, 4.69) is 10.3 Å². The number of aromatic nitrogens is 1. The van der Waals surface area contributed by atoms with Crippen molar-refractivity contribution in [1.29, 1.82) is 0 Å². The maximum absolute atomic E-state index is 12.5. The van der Waals surface area contributed by atoms with E-state index >= 15 is 0 Å². The van der Waals surface area contributed by atoms with E-state index in [1.54, 1.807) is 6.07 Å². The molecule has 0 aromatic carbocycles. The number of aliphatic hydroxyl groups excluding tert-OH is 1. The van der Waals surface area contributed by atoms with Crippen molar-refractivity contribution in [1.82, 2.24) is 9.29 Å². The van der Waals surface area contributed by atoms with Crippen LogP contribution in [-0.4, -0.2) is 62.8 Å². The van der Waals surface area contributed by atoms with Gasteiger partial charge in [0.25, 0.3) is 0 Å². The fourth-order valence-corrected chi connectivity index (χ4v) is 3.11. The molecule has 0 saturated heterocycles. The predicted molar refractivity (Wildman–Crippen MR) is 80.7 cm³/mol. The Bertz CT molecular complexity index is 536. The summed E-state index contributed by atoms with van der Waals surface area (Å²) >= 11 is 0. The Morgan fingerprint density at radius 1 is 1.52 bits per heavy atom. The van der Waals surface area contributed by atoms with Gasteiger partial charge in [0.1, 0.15) is 10.7 Å². The van der Waals surface area contributed by atoms with Gasteiger partial charge in [0.05, 0.1) is 12.7 Å². The van der Waals surface area contributed by atoms with Gasteiger partial charge in [-0.1, -0.05) is 6.92 Å². The maximum Gasteiger partial charge on any atom is 0.246 e. The summed E-state index contributed by atoms with van der Waals surface area (Å²) < 4.78 is 31.0. The molecule has 1 heterocycles. The number of rotatable bonds is 9. The number of nitrogens with one attached hydrogen (secondary N) is 1. The van der Waals surface area contributed by atoms with E-state index in [0.717, 1.165) is 10.7 Å². The molecular formula is C13H23N3O4S. The fourth-order valence-electron chi connectivity index (χ4n) is 1.78. The fraction of sp³-hybridized carbons (Fsp3) is 0.615. The second-order valence-electron chi connectivity index (χ2n) is 4.67. The number of aliphatic hydroxyl groups is 1. The van der Waals surface area contributed by atoms with Crippen LogP contribution in [0.4, 0.5) is 5.82 Å². The summed E-state index contributed by atoms with van der Waals surface area (Å²) in [4.78, 5) is 4.18. The summed E-state index contributed by atoms with van der Waals surface area (Å²) in [6.07, 6.45) is 1.52. The predicted octanol–water partition coefficient (Wildman–Crippen LogP) is 0.531. The number of likely N-dealkylation sites (N-methyl/N-ethyl adjacent to an activating group) is 1. The highest BCUT2D eigenvalue weighted by molar-refractivity contribution is 7.89. The minimum atomic E-state index is -3.72. The monoisotopic (exact) mass is 317 g/mol. The summed E-state index contributed by atoms with van der Waals surface area (Å²) in [5, 5.41) is 12.7. The number of pyridine rings is 1. The number of ether oxygens (including phenoxy) is 1. The molecule has 1 aromatic heterocycles. The summed E-state index contributed by atoms with van der Waals surface area (Å²) in [6.45, 7) is 2.65. The Hall–Kier alpha value is -1.22. The average molecular weight is 317 g/mol. The lowest BCUT2D eigenvalue weighted by Crippen LogP contribution is -2.36. The van der Waals surface area contributed by atoms with Crippen molar-refractivity contribution >= 4 is 15.8 Å². The van der Waals surface area contributed by atoms with E-state index in [1.165, 1.54) is 26.4 Å². The molecule has 0 bridgehead atoms. The summed E-state index contributed by atoms with van der Waals surface area (Å²) in [5.74, 6) is 0.326. The lowest BCUT2D eigenvalue weighted by Gasteiger charge is -2.21. The molecule has 1 aromatic rings. The van der Waals surface area contributed by atoms with Gasteiger partial charge in [-0.15, -0.1) is 0 Å². The van der Waals surface area contributed by atoms with E-state index in [0.29, 0.717) is 12.4 Å². The number of hydrogen-bond acceptors (Lipinski definition) is 6. The highest BCUT2D eigenvalue weighted by atomic mass is 32.2. The molecule has 0 aliphatic carbocycles. The average Bonchev–Trinajstić information content (AvgIpc) is 2.45. The van der Waals surface area contributed by atoms with Crippen molar-refractivity contribution in [2.75, 3.05) is 39.2 Å². The number of nitrogens with zero attached hydrogens (tertiary/aromatic N) is 2. The van der Waals surface area contributed by atoms with Crippen LogP contribution >= 0.6 is 0 Å². The molecule has 8 heteroatoms. The molecule has 1 atom stereocenters. The van der Waals surface area contributed by atoms with Crippen molar-refractivity contribution in [3.8, 4) is 0 Å². The SMILES string of the molecule is CCCNc1ncccc1S(=O)(=O)N(C)CC(O)COC. The number of methoxy groups -OCH3 is 1. The first kappa shape index (κ1) is 17.8. The van der Waals surface area contributed by atoms with Crippen molar-refractivity contribution < 1.29 is 18.3 Å². The van der Waals surface area contributed by atoms with E-state index in [4.69, 9.17) is 4.74 Å². The summed E-state index contributed by atoms with van der Waals surface area (Å²) in [6, 6.07) is 3.07. The largest absolute Gasteiger partial charge is 0.389 e. The van der Waals surface area contributed by atoms with Gasteiger partial charge in [-0.3, -0.25) is 0 Å². The Balaban J connectivity index is 2.96. The Morgan fingerprint density at radius 2 is 2.24 bits per heavy atom. The zero-order valence-corrected chi connectivity index (χ0v) is 13.4. The molecule has 21 heavy (non-hydrogen) atoms. The highest BCUT2D eigenvalue weighted by Gasteiger charge is 2.26. The van der Waals surface area contributed by atoms with Gasteiger partial charge in [-0.2, -0.15) is 4.31 Å². The lowest BCUT2D eigenvalue weighted by molar-refractivity contribution is 0.0554. The van der Waals surface area contributed by atoms with Crippen LogP contribution in [0.3, 0.4) is 0 Å².